The van der Waals surface area contributed by atoms with Gasteiger partial charge < -0.3 is 14.9 Å². The first-order chi connectivity index (χ1) is 4.61. The number of aliphatic hydroxyl groups excluding tert-OH is 2. The molecule has 0 bridgehead atoms. The molecule has 1 aliphatic heterocycles. The first-order valence-electron chi connectivity index (χ1n) is 3.63. The molecular formula is C7H14O3. The Balaban J connectivity index is 2.49. The van der Waals surface area contributed by atoms with Crippen LogP contribution in [0.3, 0.4) is 0 Å². The van der Waals surface area contributed by atoms with Gasteiger partial charge in [0.1, 0.15) is 6.10 Å². The van der Waals surface area contributed by atoms with Crippen molar-refractivity contribution in [3.05, 3.63) is 0 Å². The molecule has 0 saturated carbocycles. The molecule has 3 heteroatoms. The minimum atomic E-state index is -0.712. The van der Waals surface area contributed by atoms with Gasteiger partial charge in [0.25, 0.3) is 0 Å². The van der Waals surface area contributed by atoms with Gasteiger partial charge >= 0.3 is 0 Å². The molecule has 0 aromatic heterocycles. The van der Waals surface area contributed by atoms with Gasteiger partial charge in [0, 0.05) is 6.42 Å². The Kier molecular flexibility index (Phi) is 2.28. The van der Waals surface area contributed by atoms with E-state index in [0.717, 1.165) is 0 Å². The quantitative estimate of drug-likeness (QED) is 0.502. The summed E-state index contributed by atoms with van der Waals surface area (Å²) in [6, 6.07) is 0. The highest BCUT2D eigenvalue weighted by Gasteiger charge is 2.31. The maximum atomic E-state index is 9.19. The smallest absolute Gasteiger partial charge is 0.106 e. The molecule has 4 unspecified atom stereocenters. The molecule has 0 amide bonds. The molecule has 0 aromatic carbocycles. The Morgan fingerprint density at radius 2 is 1.90 bits per heavy atom. The van der Waals surface area contributed by atoms with Crippen molar-refractivity contribution in [2.75, 3.05) is 0 Å². The van der Waals surface area contributed by atoms with E-state index >= 15 is 0 Å². The van der Waals surface area contributed by atoms with Gasteiger partial charge in [-0.3, -0.25) is 0 Å². The van der Waals surface area contributed by atoms with Gasteiger partial charge in [0.2, 0.25) is 0 Å². The highest BCUT2D eigenvalue weighted by molar-refractivity contribution is 4.80. The molecule has 2 N–H and O–H groups in total. The van der Waals surface area contributed by atoms with Crippen molar-refractivity contribution in [1.29, 1.82) is 0 Å². The third-order valence-corrected chi connectivity index (χ3v) is 1.90. The minimum Gasteiger partial charge on any atom is -0.390 e. The summed E-state index contributed by atoms with van der Waals surface area (Å²) in [5.41, 5.74) is 0. The van der Waals surface area contributed by atoms with Gasteiger partial charge in [-0.1, -0.05) is 0 Å². The van der Waals surface area contributed by atoms with Crippen LogP contribution in [0.2, 0.25) is 0 Å². The van der Waals surface area contributed by atoms with Crippen molar-refractivity contribution < 1.29 is 14.9 Å². The molecule has 3 nitrogen and oxygen atoms in total. The van der Waals surface area contributed by atoms with Crippen molar-refractivity contribution in [3.8, 4) is 0 Å². The van der Waals surface area contributed by atoms with Crippen LogP contribution >= 0.6 is 0 Å². The Hall–Kier alpha value is -0.120. The number of rotatable bonds is 0. The summed E-state index contributed by atoms with van der Waals surface area (Å²) in [4.78, 5) is 0. The van der Waals surface area contributed by atoms with Gasteiger partial charge in [0.15, 0.2) is 0 Å². The van der Waals surface area contributed by atoms with Crippen LogP contribution in [-0.2, 0) is 4.74 Å². The molecule has 0 radical (unpaired) electrons. The first-order valence-corrected chi connectivity index (χ1v) is 3.63. The van der Waals surface area contributed by atoms with Crippen molar-refractivity contribution in [2.24, 2.45) is 0 Å². The molecule has 1 heterocycles. The Morgan fingerprint density at radius 1 is 1.30 bits per heavy atom. The van der Waals surface area contributed by atoms with Crippen molar-refractivity contribution >= 4 is 0 Å². The van der Waals surface area contributed by atoms with Gasteiger partial charge in [-0.05, 0) is 13.8 Å². The Morgan fingerprint density at radius 3 is 2.40 bits per heavy atom. The van der Waals surface area contributed by atoms with E-state index < -0.39 is 12.2 Å². The Labute approximate surface area is 60.6 Å². The van der Waals surface area contributed by atoms with Crippen LogP contribution in [0.15, 0.2) is 0 Å². The lowest BCUT2D eigenvalue weighted by Gasteiger charge is -2.33. The van der Waals surface area contributed by atoms with Crippen LogP contribution in [0.4, 0.5) is 0 Å². The molecule has 0 aromatic rings. The second kappa shape index (κ2) is 2.86. The predicted molar refractivity (Wildman–Crippen MR) is 36.6 cm³/mol. The van der Waals surface area contributed by atoms with Crippen LogP contribution in [0, 0.1) is 0 Å². The van der Waals surface area contributed by atoms with E-state index in [1.165, 1.54) is 0 Å². The molecule has 1 aliphatic rings. The normalized spacial score (nSPS) is 49.2. The van der Waals surface area contributed by atoms with Crippen LogP contribution < -0.4 is 0 Å². The van der Waals surface area contributed by atoms with E-state index in [2.05, 4.69) is 0 Å². The monoisotopic (exact) mass is 146 g/mol. The van der Waals surface area contributed by atoms with Crippen molar-refractivity contribution in [1.82, 2.24) is 0 Å². The summed E-state index contributed by atoms with van der Waals surface area (Å²) in [6.07, 6.45) is -0.965. The number of aliphatic hydroxyl groups is 2. The summed E-state index contributed by atoms with van der Waals surface area (Å²) in [7, 11) is 0. The van der Waals surface area contributed by atoms with E-state index in [-0.39, 0.29) is 12.2 Å². The fourth-order valence-electron chi connectivity index (χ4n) is 1.29. The zero-order valence-corrected chi connectivity index (χ0v) is 6.32. The molecule has 60 valence electrons. The molecule has 1 saturated heterocycles. The lowest BCUT2D eigenvalue weighted by atomic mass is 10.00. The summed E-state index contributed by atoms with van der Waals surface area (Å²) in [5, 5.41) is 18.4. The molecule has 4 atom stereocenters. The number of ether oxygens (including phenoxy) is 1. The van der Waals surface area contributed by atoms with Crippen LogP contribution in [0.5, 0.6) is 0 Å². The van der Waals surface area contributed by atoms with Gasteiger partial charge in [0.05, 0.1) is 18.3 Å². The first kappa shape index (κ1) is 7.98. The van der Waals surface area contributed by atoms with Gasteiger partial charge in [-0.15, -0.1) is 0 Å². The fraction of sp³-hybridized carbons (Fsp3) is 1.00. The second-order valence-electron chi connectivity index (χ2n) is 2.95. The lowest BCUT2D eigenvalue weighted by Crippen LogP contribution is -2.45. The van der Waals surface area contributed by atoms with Crippen molar-refractivity contribution in [3.63, 3.8) is 0 Å². The van der Waals surface area contributed by atoms with Crippen molar-refractivity contribution in [2.45, 2.75) is 44.7 Å². The Bertz CT molecular complexity index is 103. The largest absolute Gasteiger partial charge is 0.390 e. The average Bonchev–Trinajstić information content (AvgIpc) is 1.82. The molecule has 0 aliphatic carbocycles. The lowest BCUT2D eigenvalue weighted by molar-refractivity contribution is -0.156. The summed E-state index contributed by atoms with van der Waals surface area (Å²) < 4.78 is 5.26. The fourth-order valence-corrected chi connectivity index (χ4v) is 1.29. The number of hydrogen-bond donors (Lipinski definition) is 2. The third kappa shape index (κ3) is 1.48. The summed E-state index contributed by atoms with van der Waals surface area (Å²) >= 11 is 0. The second-order valence-corrected chi connectivity index (χ2v) is 2.95. The maximum absolute atomic E-state index is 9.19. The average molecular weight is 146 g/mol. The van der Waals surface area contributed by atoms with Crippen LogP contribution in [-0.4, -0.2) is 34.6 Å². The van der Waals surface area contributed by atoms with E-state index in [9.17, 15) is 10.2 Å². The van der Waals surface area contributed by atoms with E-state index in [1.54, 1.807) is 6.92 Å². The van der Waals surface area contributed by atoms with E-state index in [1.807, 2.05) is 6.92 Å². The number of hydrogen-bond acceptors (Lipinski definition) is 3. The highest BCUT2D eigenvalue weighted by atomic mass is 16.5. The summed E-state index contributed by atoms with van der Waals surface area (Å²) in [5.74, 6) is 0. The van der Waals surface area contributed by atoms with E-state index in [4.69, 9.17) is 4.74 Å². The third-order valence-electron chi connectivity index (χ3n) is 1.90. The predicted octanol–water partition coefficient (Wildman–Crippen LogP) is -0.0945. The zero-order chi connectivity index (χ0) is 7.72. The SMILES string of the molecule is CC1CC(O)C(O)C(C)O1. The van der Waals surface area contributed by atoms with Crippen LogP contribution in [0.1, 0.15) is 20.3 Å². The van der Waals surface area contributed by atoms with Crippen LogP contribution in [0.25, 0.3) is 0 Å². The molecular weight excluding hydrogens is 132 g/mol. The molecule has 1 fully saturated rings. The molecule has 1 rings (SSSR count). The standard InChI is InChI=1S/C7H14O3/c1-4-3-6(8)7(9)5(2)10-4/h4-9H,3H2,1-2H3. The molecule has 0 spiro atoms. The van der Waals surface area contributed by atoms with Gasteiger partial charge in [-0.25, -0.2) is 0 Å². The minimum absolute atomic E-state index is 0.0633. The van der Waals surface area contributed by atoms with Gasteiger partial charge in [-0.2, -0.15) is 0 Å². The summed E-state index contributed by atoms with van der Waals surface area (Å²) in [6.45, 7) is 3.66. The van der Waals surface area contributed by atoms with E-state index in [0.29, 0.717) is 6.42 Å². The topological polar surface area (TPSA) is 49.7 Å². The zero-order valence-electron chi connectivity index (χ0n) is 6.32. The highest BCUT2D eigenvalue weighted by Crippen LogP contribution is 2.19. The maximum Gasteiger partial charge on any atom is 0.106 e. The molecule has 10 heavy (non-hydrogen) atoms.